The molecule has 1 N–H and O–H groups in total. The van der Waals surface area contributed by atoms with Crippen LogP contribution in [0, 0.1) is 5.82 Å². The minimum Gasteiger partial charge on any atom is -0.369 e. The Morgan fingerprint density at radius 3 is 1.92 bits per heavy atom. The third-order valence-electron chi connectivity index (χ3n) is 5.66. The first-order valence-corrected chi connectivity index (χ1v) is 12.3. The van der Waals surface area contributed by atoms with Gasteiger partial charge in [0.15, 0.2) is 0 Å². The summed E-state index contributed by atoms with van der Waals surface area (Å²) in [5.74, 6) is -0.509. The summed E-state index contributed by atoms with van der Waals surface area (Å²) in [6.07, 6.45) is -10.9. The predicted octanol–water partition coefficient (Wildman–Crippen LogP) is 5.11. The van der Waals surface area contributed by atoms with Crippen LogP contribution in [0.15, 0.2) is 90.0 Å². The zero-order valence-electron chi connectivity index (χ0n) is 19.4. The lowest BCUT2D eigenvalue weighted by Crippen LogP contribution is -2.53. The Balaban J connectivity index is 1.76. The van der Waals surface area contributed by atoms with Gasteiger partial charge in [-0.05, 0) is 48.5 Å². The van der Waals surface area contributed by atoms with E-state index in [-0.39, 0.29) is 16.3 Å². The molecule has 0 aliphatic carbocycles. The highest BCUT2D eigenvalue weighted by Crippen LogP contribution is 2.50. The third-order valence-corrected chi connectivity index (χ3v) is 7.45. The van der Waals surface area contributed by atoms with Gasteiger partial charge >= 0.3 is 12.4 Å². The fourth-order valence-electron chi connectivity index (χ4n) is 3.63. The van der Waals surface area contributed by atoms with Gasteiger partial charge < -0.3 is 5.11 Å². The molecule has 3 aromatic carbocycles. The quantitative estimate of drug-likeness (QED) is 0.310. The lowest BCUT2D eigenvalue weighted by atomic mass is 9.92. The van der Waals surface area contributed by atoms with Crippen LogP contribution in [0.1, 0.15) is 11.3 Å². The molecule has 0 fully saturated rings. The van der Waals surface area contributed by atoms with Crippen LogP contribution in [0.25, 0.3) is 5.69 Å². The summed E-state index contributed by atoms with van der Waals surface area (Å²) in [6.45, 7) is -0.527. The number of alkyl halides is 6. The highest BCUT2D eigenvalue weighted by molar-refractivity contribution is 7.92. The topological polar surface area (TPSA) is 88.3 Å². The Bertz CT molecular complexity index is 1520. The molecule has 0 aliphatic rings. The molecule has 1 heterocycles. The Morgan fingerprint density at radius 2 is 1.38 bits per heavy atom. The van der Waals surface area contributed by atoms with Crippen molar-refractivity contribution in [3.63, 3.8) is 0 Å². The van der Waals surface area contributed by atoms with Crippen molar-refractivity contribution in [2.45, 2.75) is 29.4 Å². The first-order chi connectivity index (χ1) is 18.1. The van der Waals surface area contributed by atoms with Gasteiger partial charge in [0.05, 0.1) is 29.0 Å². The van der Waals surface area contributed by atoms with Crippen LogP contribution in [0.2, 0.25) is 0 Å². The van der Waals surface area contributed by atoms with Gasteiger partial charge in [-0.25, -0.2) is 17.5 Å². The maximum absolute atomic E-state index is 13.5. The molecule has 0 spiro atoms. The zero-order valence-corrected chi connectivity index (χ0v) is 20.2. The average Bonchev–Trinajstić information content (AvgIpc) is 3.35. The van der Waals surface area contributed by atoms with Crippen LogP contribution < -0.4 is 4.31 Å². The summed E-state index contributed by atoms with van der Waals surface area (Å²) in [4.78, 5) is -0.220. The van der Waals surface area contributed by atoms with E-state index in [9.17, 15) is 44.3 Å². The molecule has 0 saturated carbocycles. The Morgan fingerprint density at radius 1 is 0.821 bits per heavy atom. The largest absolute Gasteiger partial charge is 0.430 e. The number of benzene rings is 3. The van der Waals surface area contributed by atoms with Crippen LogP contribution >= 0.6 is 0 Å². The van der Waals surface area contributed by atoms with Crippen molar-refractivity contribution in [3.05, 3.63) is 102 Å². The molecule has 206 valence electrons. The van der Waals surface area contributed by atoms with E-state index >= 15 is 0 Å². The monoisotopic (exact) mass is 574 g/mol. The maximum atomic E-state index is 13.5. The van der Waals surface area contributed by atoms with Crippen molar-refractivity contribution in [1.82, 2.24) is 15.0 Å². The normalized spacial score (nSPS) is 12.9. The molecule has 4 rings (SSSR count). The number of anilines is 1. The van der Waals surface area contributed by atoms with Gasteiger partial charge in [0, 0.05) is 5.56 Å². The SMILES string of the molecule is O=S(=O)(c1ccccc1)N(Cc1cn(-c2ccc(F)cc2)nn1)c1ccc(C(O)(C(F)(F)F)C(F)(F)F)cc1. The van der Waals surface area contributed by atoms with Crippen LogP contribution in [0.4, 0.5) is 36.4 Å². The summed E-state index contributed by atoms with van der Waals surface area (Å²) >= 11 is 0. The van der Waals surface area contributed by atoms with Crippen LogP contribution in [0.3, 0.4) is 0 Å². The Hall–Kier alpha value is -3.98. The Kier molecular flexibility index (Phi) is 7.16. The fourth-order valence-corrected chi connectivity index (χ4v) is 5.09. The van der Waals surface area contributed by atoms with E-state index in [0.717, 1.165) is 12.1 Å². The number of aromatic nitrogens is 3. The Labute approximate surface area is 216 Å². The average molecular weight is 574 g/mol. The highest BCUT2D eigenvalue weighted by atomic mass is 32.2. The molecule has 7 nitrogen and oxygen atoms in total. The molecule has 15 heteroatoms. The number of nitrogens with zero attached hydrogens (tertiary/aromatic N) is 4. The summed E-state index contributed by atoms with van der Waals surface area (Å²) in [5, 5.41) is 17.4. The first-order valence-electron chi connectivity index (χ1n) is 10.9. The van der Waals surface area contributed by atoms with E-state index in [0.29, 0.717) is 34.3 Å². The number of aliphatic hydroxyl groups is 1. The summed E-state index contributed by atoms with van der Waals surface area (Å²) in [7, 11) is -4.42. The molecule has 4 aromatic rings. The minimum atomic E-state index is -6.11. The molecule has 0 saturated heterocycles. The zero-order chi connectivity index (χ0) is 28.6. The molecular weight excluding hydrogens is 557 g/mol. The second-order valence-electron chi connectivity index (χ2n) is 8.21. The van der Waals surface area contributed by atoms with Gasteiger partial charge in [0.1, 0.15) is 11.5 Å². The number of sulfonamides is 1. The summed E-state index contributed by atoms with van der Waals surface area (Å²) in [6, 6.07) is 14.1. The summed E-state index contributed by atoms with van der Waals surface area (Å²) in [5.41, 5.74) is -6.61. The molecule has 0 radical (unpaired) electrons. The van der Waals surface area contributed by atoms with Crippen LogP contribution in [0.5, 0.6) is 0 Å². The second kappa shape index (κ2) is 9.96. The minimum absolute atomic E-state index is 0.0463. The second-order valence-corrected chi connectivity index (χ2v) is 10.1. The van der Waals surface area contributed by atoms with E-state index < -0.39 is 45.9 Å². The van der Waals surface area contributed by atoms with Crippen LogP contribution in [-0.2, 0) is 22.2 Å². The number of rotatable bonds is 7. The van der Waals surface area contributed by atoms with Crippen LogP contribution in [-0.4, -0.2) is 40.9 Å². The molecule has 0 unspecified atom stereocenters. The number of halogens is 7. The van der Waals surface area contributed by atoms with Gasteiger partial charge in [0.2, 0.25) is 0 Å². The van der Waals surface area contributed by atoms with E-state index in [4.69, 9.17) is 0 Å². The molecule has 0 bridgehead atoms. The van der Waals surface area contributed by atoms with Crippen molar-refractivity contribution < 1.29 is 44.3 Å². The molecule has 1 aromatic heterocycles. The lowest BCUT2D eigenvalue weighted by Gasteiger charge is -2.33. The van der Waals surface area contributed by atoms with Gasteiger partial charge in [-0.15, -0.1) is 5.10 Å². The molecule has 39 heavy (non-hydrogen) atoms. The van der Waals surface area contributed by atoms with Gasteiger partial charge in [0.25, 0.3) is 15.6 Å². The van der Waals surface area contributed by atoms with Gasteiger partial charge in [-0.1, -0.05) is 35.5 Å². The van der Waals surface area contributed by atoms with Gasteiger partial charge in [-0.3, -0.25) is 4.31 Å². The van der Waals surface area contributed by atoms with E-state index in [1.807, 2.05) is 0 Å². The van der Waals surface area contributed by atoms with Crippen molar-refractivity contribution >= 4 is 15.7 Å². The standard InChI is InChI=1S/C24H17F7N4O3S/c25-17-8-12-19(13-9-17)34-14-18(32-33-34)15-35(39(37,38)21-4-2-1-3-5-21)20-10-6-16(7-11-20)22(36,23(26,27)28)24(29,30)31/h1-14,36H,15H2. The molecular formula is C24H17F7N4O3S. The molecule has 0 amide bonds. The van der Waals surface area contributed by atoms with Crippen molar-refractivity contribution in [2.75, 3.05) is 4.31 Å². The molecule has 0 aliphatic heterocycles. The number of hydrogen-bond donors (Lipinski definition) is 1. The van der Waals surface area contributed by atoms with E-state index in [1.165, 1.54) is 47.3 Å². The lowest BCUT2D eigenvalue weighted by molar-refractivity contribution is -0.376. The fraction of sp³-hybridized carbons (Fsp3) is 0.167. The number of hydrogen-bond acceptors (Lipinski definition) is 5. The van der Waals surface area contributed by atoms with Gasteiger partial charge in [-0.2, -0.15) is 26.3 Å². The van der Waals surface area contributed by atoms with Crippen molar-refractivity contribution in [3.8, 4) is 5.69 Å². The predicted molar refractivity (Wildman–Crippen MR) is 124 cm³/mol. The third kappa shape index (κ3) is 5.31. The summed E-state index contributed by atoms with van der Waals surface area (Å²) < 4.78 is 122. The smallest absolute Gasteiger partial charge is 0.369 e. The highest BCUT2D eigenvalue weighted by Gasteiger charge is 2.71. The molecule has 0 atom stereocenters. The van der Waals surface area contributed by atoms with E-state index in [1.54, 1.807) is 6.07 Å². The van der Waals surface area contributed by atoms with Crippen molar-refractivity contribution in [2.24, 2.45) is 0 Å². The van der Waals surface area contributed by atoms with Crippen molar-refractivity contribution in [1.29, 1.82) is 0 Å². The first kappa shape index (κ1) is 28.0. The maximum Gasteiger partial charge on any atom is 0.430 e. The van der Waals surface area contributed by atoms with E-state index in [2.05, 4.69) is 10.3 Å².